The highest BCUT2D eigenvalue weighted by atomic mass is 35.5. The van der Waals surface area contributed by atoms with Crippen molar-refractivity contribution in [2.75, 3.05) is 5.06 Å². The van der Waals surface area contributed by atoms with Crippen molar-refractivity contribution in [3.05, 3.63) is 29.3 Å². The summed E-state index contributed by atoms with van der Waals surface area (Å²) in [6.45, 7) is 2.27. The van der Waals surface area contributed by atoms with E-state index in [9.17, 15) is 10.0 Å². The molecule has 0 aliphatic heterocycles. The molecular formula is C24H40ClNO2. The Morgan fingerprint density at radius 1 is 0.786 bits per heavy atom. The van der Waals surface area contributed by atoms with E-state index in [0.717, 1.165) is 12.8 Å². The van der Waals surface area contributed by atoms with Crippen LogP contribution in [0.15, 0.2) is 24.3 Å². The molecule has 0 spiro atoms. The minimum atomic E-state index is -0.289. The average molecular weight is 410 g/mol. The number of benzene rings is 1. The summed E-state index contributed by atoms with van der Waals surface area (Å²) in [6.07, 6.45) is 19.8. The van der Waals surface area contributed by atoms with Gasteiger partial charge < -0.3 is 0 Å². The van der Waals surface area contributed by atoms with Crippen LogP contribution in [0.25, 0.3) is 0 Å². The van der Waals surface area contributed by atoms with Crippen molar-refractivity contribution in [2.45, 2.75) is 110 Å². The number of para-hydroxylation sites is 1. The third-order valence-electron chi connectivity index (χ3n) is 5.31. The van der Waals surface area contributed by atoms with E-state index in [1.165, 1.54) is 83.5 Å². The first-order chi connectivity index (χ1) is 13.7. The van der Waals surface area contributed by atoms with Crippen LogP contribution in [-0.4, -0.2) is 11.1 Å². The Bertz CT molecular complexity index is 521. The highest BCUT2D eigenvalue weighted by Gasteiger charge is 2.15. The van der Waals surface area contributed by atoms with E-state index in [1.807, 2.05) is 0 Å². The lowest BCUT2D eigenvalue weighted by atomic mass is 10.0. The molecule has 0 radical (unpaired) electrons. The molecule has 0 aromatic heterocycles. The summed E-state index contributed by atoms with van der Waals surface area (Å²) < 4.78 is 0. The lowest BCUT2D eigenvalue weighted by Crippen LogP contribution is -2.26. The van der Waals surface area contributed by atoms with Crippen LogP contribution in [0.3, 0.4) is 0 Å². The van der Waals surface area contributed by atoms with E-state index in [1.54, 1.807) is 24.3 Å². The van der Waals surface area contributed by atoms with Crippen LogP contribution >= 0.6 is 11.6 Å². The van der Waals surface area contributed by atoms with Crippen LogP contribution in [0.1, 0.15) is 110 Å². The zero-order chi connectivity index (χ0) is 20.5. The SMILES string of the molecule is CCCCCCCCCCCCCCCCCC(=O)N(O)c1ccccc1Cl. The maximum Gasteiger partial charge on any atom is 0.250 e. The van der Waals surface area contributed by atoms with Crippen molar-refractivity contribution in [3.8, 4) is 0 Å². The molecule has 28 heavy (non-hydrogen) atoms. The van der Waals surface area contributed by atoms with Gasteiger partial charge in [-0.2, -0.15) is 5.06 Å². The maximum atomic E-state index is 12.0. The molecule has 1 aromatic carbocycles. The molecule has 160 valence electrons. The van der Waals surface area contributed by atoms with E-state index in [-0.39, 0.29) is 5.91 Å². The Balaban J connectivity index is 1.90. The number of hydrogen-bond acceptors (Lipinski definition) is 2. The summed E-state index contributed by atoms with van der Waals surface area (Å²) in [5.41, 5.74) is 0.357. The van der Waals surface area contributed by atoms with Gasteiger partial charge in [-0.05, 0) is 18.6 Å². The summed E-state index contributed by atoms with van der Waals surface area (Å²) in [5.74, 6) is -0.289. The van der Waals surface area contributed by atoms with Crippen LogP contribution in [0.2, 0.25) is 5.02 Å². The molecule has 0 atom stereocenters. The second-order valence-electron chi connectivity index (χ2n) is 7.86. The van der Waals surface area contributed by atoms with Crippen molar-refractivity contribution in [3.63, 3.8) is 0 Å². The number of carbonyl (C=O) groups is 1. The minimum absolute atomic E-state index is 0.289. The Morgan fingerprint density at radius 2 is 1.21 bits per heavy atom. The fourth-order valence-corrected chi connectivity index (χ4v) is 3.73. The monoisotopic (exact) mass is 409 g/mol. The summed E-state index contributed by atoms with van der Waals surface area (Å²) in [4.78, 5) is 12.0. The van der Waals surface area contributed by atoms with Crippen LogP contribution in [0, 0.1) is 0 Å². The van der Waals surface area contributed by atoms with Gasteiger partial charge in [-0.3, -0.25) is 10.0 Å². The van der Waals surface area contributed by atoms with Gasteiger partial charge in [-0.15, -0.1) is 0 Å². The molecule has 0 bridgehead atoms. The van der Waals surface area contributed by atoms with Crippen molar-refractivity contribution in [2.24, 2.45) is 0 Å². The number of unbranched alkanes of at least 4 members (excludes halogenated alkanes) is 14. The van der Waals surface area contributed by atoms with Crippen molar-refractivity contribution >= 4 is 23.2 Å². The number of nitrogens with zero attached hydrogens (tertiary/aromatic N) is 1. The predicted molar refractivity (Wildman–Crippen MR) is 120 cm³/mol. The smallest absolute Gasteiger partial charge is 0.250 e. The lowest BCUT2D eigenvalue weighted by Gasteiger charge is -2.16. The largest absolute Gasteiger partial charge is 0.281 e. The number of carbonyl (C=O) groups excluding carboxylic acids is 1. The Kier molecular flexibility index (Phi) is 15.0. The van der Waals surface area contributed by atoms with Gasteiger partial charge in [0.25, 0.3) is 5.91 Å². The summed E-state index contributed by atoms with van der Waals surface area (Å²) in [6, 6.07) is 6.85. The van der Waals surface area contributed by atoms with E-state index in [0.29, 0.717) is 22.2 Å². The van der Waals surface area contributed by atoms with Gasteiger partial charge in [0, 0.05) is 6.42 Å². The topological polar surface area (TPSA) is 40.5 Å². The van der Waals surface area contributed by atoms with Crippen LogP contribution in [0.4, 0.5) is 5.69 Å². The fraction of sp³-hybridized carbons (Fsp3) is 0.708. The number of hydroxylamine groups is 1. The molecule has 0 aliphatic rings. The van der Waals surface area contributed by atoms with Crippen LogP contribution in [-0.2, 0) is 4.79 Å². The Hall–Kier alpha value is -1.06. The fourth-order valence-electron chi connectivity index (χ4n) is 3.51. The third kappa shape index (κ3) is 11.7. The molecule has 3 nitrogen and oxygen atoms in total. The van der Waals surface area contributed by atoms with Crippen LogP contribution < -0.4 is 5.06 Å². The van der Waals surface area contributed by atoms with Gasteiger partial charge in [0.2, 0.25) is 0 Å². The van der Waals surface area contributed by atoms with E-state index in [4.69, 9.17) is 11.6 Å². The molecule has 1 amide bonds. The lowest BCUT2D eigenvalue weighted by molar-refractivity contribution is -0.123. The van der Waals surface area contributed by atoms with E-state index >= 15 is 0 Å². The van der Waals surface area contributed by atoms with Gasteiger partial charge in [-0.25, -0.2) is 0 Å². The number of hydrogen-bond donors (Lipinski definition) is 1. The average Bonchev–Trinajstić information content (AvgIpc) is 2.70. The quantitative estimate of drug-likeness (QED) is 0.159. The minimum Gasteiger partial charge on any atom is -0.281 e. The van der Waals surface area contributed by atoms with Gasteiger partial charge in [0.05, 0.1) is 10.7 Å². The molecule has 0 fully saturated rings. The van der Waals surface area contributed by atoms with Gasteiger partial charge in [0.15, 0.2) is 0 Å². The zero-order valence-electron chi connectivity index (χ0n) is 17.8. The van der Waals surface area contributed by atoms with Crippen molar-refractivity contribution in [1.82, 2.24) is 0 Å². The zero-order valence-corrected chi connectivity index (χ0v) is 18.6. The third-order valence-corrected chi connectivity index (χ3v) is 5.63. The molecule has 0 unspecified atom stereocenters. The predicted octanol–water partition coefficient (Wildman–Crippen LogP) is 8.32. The van der Waals surface area contributed by atoms with Gasteiger partial charge in [0.1, 0.15) is 0 Å². The van der Waals surface area contributed by atoms with E-state index in [2.05, 4.69) is 6.92 Å². The Morgan fingerprint density at radius 3 is 1.68 bits per heavy atom. The number of halogens is 1. The van der Waals surface area contributed by atoms with Gasteiger partial charge >= 0.3 is 0 Å². The molecule has 4 heteroatoms. The van der Waals surface area contributed by atoms with Crippen molar-refractivity contribution in [1.29, 1.82) is 0 Å². The molecule has 1 N–H and O–H groups in total. The molecule has 0 saturated carbocycles. The summed E-state index contributed by atoms with van der Waals surface area (Å²) >= 11 is 6.01. The first-order valence-corrected chi connectivity index (χ1v) is 11.8. The summed E-state index contributed by atoms with van der Waals surface area (Å²) in [5, 5.41) is 11.1. The number of amides is 1. The first-order valence-electron chi connectivity index (χ1n) is 11.4. The molecule has 0 aliphatic carbocycles. The standard InChI is InChI=1S/C24H40ClNO2/c1-2-3-4-5-6-7-8-9-10-11-12-13-14-15-16-21-24(27)26(28)23-20-18-17-19-22(23)25/h17-20,28H,2-16,21H2,1H3. The number of anilines is 1. The highest BCUT2D eigenvalue weighted by Crippen LogP contribution is 2.24. The van der Waals surface area contributed by atoms with Crippen molar-refractivity contribution < 1.29 is 10.0 Å². The maximum absolute atomic E-state index is 12.0. The first kappa shape index (κ1) is 25.0. The molecule has 1 rings (SSSR count). The normalized spacial score (nSPS) is 11.0. The highest BCUT2D eigenvalue weighted by molar-refractivity contribution is 6.33. The Labute approximate surface area is 177 Å². The molecule has 0 heterocycles. The molecule has 1 aromatic rings. The van der Waals surface area contributed by atoms with Crippen LogP contribution in [0.5, 0.6) is 0 Å². The summed E-state index contributed by atoms with van der Waals surface area (Å²) in [7, 11) is 0. The molecule has 0 saturated heterocycles. The molecular weight excluding hydrogens is 370 g/mol. The van der Waals surface area contributed by atoms with Gasteiger partial charge in [-0.1, -0.05) is 121 Å². The van der Waals surface area contributed by atoms with E-state index < -0.39 is 0 Å². The number of rotatable bonds is 17. The second-order valence-corrected chi connectivity index (χ2v) is 8.26. The second kappa shape index (κ2) is 16.9.